The van der Waals surface area contributed by atoms with E-state index in [0.717, 1.165) is 6.07 Å². The van der Waals surface area contributed by atoms with Gasteiger partial charge in [0.15, 0.2) is 0 Å². The van der Waals surface area contributed by atoms with Crippen molar-refractivity contribution < 1.29 is 22.7 Å². The fraction of sp³-hybridized carbons (Fsp3) is 0.0667. The standard InChI is InChI=1S/C15H15N3O5S/c1-23-10-3-5-11(6-4-10)24(21,22)18-9-2-7-12(14(16)19)13(8-9)15(17)20/h2-8,18H,1H3,(H2,16,19)(H2,17,20). The number of hydrogen-bond donors (Lipinski definition) is 3. The first-order chi connectivity index (χ1) is 11.2. The molecule has 0 aromatic heterocycles. The minimum atomic E-state index is -3.89. The number of anilines is 1. The molecular weight excluding hydrogens is 334 g/mol. The molecule has 0 heterocycles. The van der Waals surface area contributed by atoms with Crippen LogP contribution in [-0.4, -0.2) is 27.3 Å². The molecule has 2 aromatic carbocycles. The highest BCUT2D eigenvalue weighted by molar-refractivity contribution is 7.92. The maximum atomic E-state index is 12.3. The van der Waals surface area contributed by atoms with E-state index in [9.17, 15) is 18.0 Å². The molecule has 8 nitrogen and oxygen atoms in total. The van der Waals surface area contributed by atoms with Crippen LogP contribution in [0.25, 0.3) is 0 Å². The lowest BCUT2D eigenvalue weighted by Gasteiger charge is -2.11. The molecule has 24 heavy (non-hydrogen) atoms. The molecule has 0 spiro atoms. The molecule has 2 amide bonds. The number of primary amides is 2. The van der Waals surface area contributed by atoms with Crippen molar-refractivity contribution in [2.45, 2.75) is 4.90 Å². The van der Waals surface area contributed by atoms with E-state index in [1.807, 2.05) is 0 Å². The molecule has 0 saturated carbocycles. The maximum absolute atomic E-state index is 12.3. The van der Waals surface area contributed by atoms with Crippen LogP contribution in [0, 0.1) is 0 Å². The third kappa shape index (κ3) is 3.63. The van der Waals surface area contributed by atoms with E-state index in [1.54, 1.807) is 0 Å². The van der Waals surface area contributed by atoms with Crippen molar-refractivity contribution in [3.05, 3.63) is 53.6 Å². The Labute approximate surface area is 138 Å². The van der Waals surface area contributed by atoms with Gasteiger partial charge in [0.1, 0.15) is 5.75 Å². The Morgan fingerprint density at radius 1 is 0.958 bits per heavy atom. The second-order valence-electron chi connectivity index (χ2n) is 4.77. The Kier molecular flexibility index (Phi) is 4.74. The van der Waals surface area contributed by atoms with Gasteiger partial charge in [-0.2, -0.15) is 0 Å². The first-order valence-corrected chi connectivity index (χ1v) is 8.13. The van der Waals surface area contributed by atoms with Crippen molar-refractivity contribution in [2.75, 3.05) is 11.8 Å². The number of amides is 2. The summed E-state index contributed by atoms with van der Waals surface area (Å²) in [4.78, 5) is 22.7. The number of nitrogens with two attached hydrogens (primary N) is 2. The molecule has 0 aliphatic heterocycles. The van der Waals surface area contributed by atoms with E-state index in [-0.39, 0.29) is 21.7 Å². The van der Waals surface area contributed by atoms with Crippen molar-refractivity contribution >= 4 is 27.5 Å². The fourth-order valence-corrected chi connectivity index (χ4v) is 3.04. The highest BCUT2D eigenvalue weighted by Gasteiger charge is 2.18. The summed E-state index contributed by atoms with van der Waals surface area (Å²) in [6, 6.07) is 9.44. The lowest BCUT2D eigenvalue weighted by molar-refractivity contribution is 0.0967. The maximum Gasteiger partial charge on any atom is 0.261 e. The molecule has 2 rings (SSSR count). The zero-order valence-electron chi connectivity index (χ0n) is 12.6. The predicted octanol–water partition coefficient (Wildman–Crippen LogP) is 0.694. The van der Waals surface area contributed by atoms with Crippen LogP contribution in [0.3, 0.4) is 0 Å². The number of carbonyl (C=O) groups is 2. The van der Waals surface area contributed by atoms with Crippen LogP contribution in [-0.2, 0) is 10.0 Å². The second-order valence-corrected chi connectivity index (χ2v) is 6.45. The van der Waals surface area contributed by atoms with Crippen molar-refractivity contribution in [1.82, 2.24) is 0 Å². The Morgan fingerprint density at radius 3 is 2.04 bits per heavy atom. The van der Waals surface area contributed by atoms with E-state index in [1.165, 1.54) is 43.5 Å². The molecule has 2 aromatic rings. The smallest absolute Gasteiger partial charge is 0.261 e. The minimum absolute atomic E-state index is 0.00269. The van der Waals surface area contributed by atoms with Crippen LogP contribution in [0.15, 0.2) is 47.4 Å². The van der Waals surface area contributed by atoms with E-state index in [0.29, 0.717) is 5.75 Å². The SMILES string of the molecule is COc1ccc(S(=O)(=O)Nc2ccc(C(N)=O)c(C(N)=O)c2)cc1. The van der Waals surface area contributed by atoms with Crippen molar-refractivity contribution in [1.29, 1.82) is 0 Å². The number of nitrogens with one attached hydrogen (secondary N) is 1. The summed E-state index contributed by atoms with van der Waals surface area (Å²) < 4.78 is 32.0. The van der Waals surface area contributed by atoms with Crippen LogP contribution in [0.4, 0.5) is 5.69 Å². The molecule has 0 atom stereocenters. The van der Waals surface area contributed by atoms with Crippen LogP contribution in [0.1, 0.15) is 20.7 Å². The lowest BCUT2D eigenvalue weighted by Crippen LogP contribution is -2.21. The molecule has 0 aliphatic rings. The van der Waals surface area contributed by atoms with Crippen LogP contribution in [0.2, 0.25) is 0 Å². The average molecular weight is 349 g/mol. The molecule has 0 fully saturated rings. The molecule has 0 bridgehead atoms. The molecule has 0 aliphatic carbocycles. The molecule has 9 heteroatoms. The van der Waals surface area contributed by atoms with Gasteiger partial charge in [-0.15, -0.1) is 0 Å². The second kappa shape index (κ2) is 6.59. The summed E-state index contributed by atoms with van der Waals surface area (Å²) in [6.45, 7) is 0. The lowest BCUT2D eigenvalue weighted by atomic mass is 10.1. The summed E-state index contributed by atoms with van der Waals surface area (Å²) in [5.41, 5.74) is 10.2. The number of rotatable bonds is 6. The fourth-order valence-electron chi connectivity index (χ4n) is 2.00. The van der Waals surface area contributed by atoms with Crippen molar-refractivity contribution in [3.63, 3.8) is 0 Å². The van der Waals surface area contributed by atoms with E-state index >= 15 is 0 Å². The van der Waals surface area contributed by atoms with Crippen molar-refractivity contribution in [3.8, 4) is 5.75 Å². The largest absolute Gasteiger partial charge is 0.497 e. The number of carbonyl (C=O) groups excluding carboxylic acids is 2. The molecular formula is C15H15N3O5S. The van der Waals surface area contributed by atoms with Gasteiger partial charge in [0.25, 0.3) is 10.0 Å². The van der Waals surface area contributed by atoms with Gasteiger partial charge in [0, 0.05) is 5.69 Å². The third-order valence-electron chi connectivity index (χ3n) is 3.17. The van der Waals surface area contributed by atoms with Gasteiger partial charge in [0.2, 0.25) is 11.8 Å². The van der Waals surface area contributed by atoms with E-state index in [2.05, 4.69) is 4.72 Å². The zero-order chi connectivity index (χ0) is 17.9. The molecule has 126 valence electrons. The first-order valence-electron chi connectivity index (χ1n) is 6.65. The quantitative estimate of drug-likeness (QED) is 0.703. The van der Waals surface area contributed by atoms with Gasteiger partial charge >= 0.3 is 0 Å². The Balaban J connectivity index is 2.37. The molecule has 0 saturated heterocycles. The van der Waals surface area contributed by atoms with Gasteiger partial charge in [-0.25, -0.2) is 8.42 Å². The number of hydrogen-bond acceptors (Lipinski definition) is 5. The molecule has 5 N–H and O–H groups in total. The number of benzene rings is 2. The van der Waals surface area contributed by atoms with Gasteiger partial charge in [-0.05, 0) is 42.5 Å². The number of ether oxygens (including phenoxy) is 1. The van der Waals surface area contributed by atoms with E-state index in [4.69, 9.17) is 16.2 Å². The summed E-state index contributed by atoms with van der Waals surface area (Å²) in [5.74, 6) is -1.22. The zero-order valence-corrected chi connectivity index (χ0v) is 13.5. The topological polar surface area (TPSA) is 142 Å². The predicted molar refractivity (Wildman–Crippen MR) is 87.3 cm³/mol. The van der Waals surface area contributed by atoms with Gasteiger partial charge in [-0.1, -0.05) is 0 Å². The average Bonchev–Trinajstić information content (AvgIpc) is 2.54. The monoisotopic (exact) mass is 349 g/mol. The summed E-state index contributed by atoms with van der Waals surface area (Å²) in [6.07, 6.45) is 0. The number of sulfonamides is 1. The molecule has 0 unspecified atom stereocenters. The van der Waals surface area contributed by atoms with Crippen LogP contribution in [0.5, 0.6) is 5.75 Å². The summed E-state index contributed by atoms with van der Waals surface area (Å²) in [5, 5.41) is 0. The Morgan fingerprint density at radius 2 is 1.54 bits per heavy atom. The van der Waals surface area contributed by atoms with Crippen LogP contribution < -0.4 is 20.9 Å². The third-order valence-corrected chi connectivity index (χ3v) is 4.57. The Bertz CT molecular complexity index is 892. The van der Waals surface area contributed by atoms with Gasteiger partial charge in [-0.3, -0.25) is 14.3 Å². The Hall–Kier alpha value is -3.07. The van der Waals surface area contributed by atoms with E-state index < -0.39 is 21.8 Å². The van der Waals surface area contributed by atoms with Crippen molar-refractivity contribution in [2.24, 2.45) is 11.5 Å². The first kappa shape index (κ1) is 17.3. The normalized spacial score (nSPS) is 10.9. The van der Waals surface area contributed by atoms with Crippen LogP contribution >= 0.6 is 0 Å². The summed E-state index contributed by atoms with van der Waals surface area (Å²) in [7, 11) is -2.42. The highest BCUT2D eigenvalue weighted by Crippen LogP contribution is 2.21. The summed E-state index contributed by atoms with van der Waals surface area (Å²) >= 11 is 0. The minimum Gasteiger partial charge on any atom is -0.497 e. The number of methoxy groups -OCH3 is 1. The molecule has 0 radical (unpaired) electrons. The van der Waals surface area contributed by atoms with Gasteiger partial charge < -0.3 is 16.2 Å². The highest BCUT2D eigenvalue weighted by atomic mass is 32.2. The van der Waals surface area contributed by atoms with Gasteiger partial charge in [0.05, 0.1) is 23.1 Å².